The van der Waals surface area contributed by atoms with Crippen LogP contribution in [0.3, 0.4) is 0 Å². The monoisotopic (exact) mass is 687 g/mol. The molecule has 0 bridgehead atoms. The number of ether oxygens (including phenoxy) is 1. The second kappa shape index (κ2) is 13.1. The van der Waals surface area contributed by atoms with Crippen LogP contribution in [0.1, 0.15) is 28.3 Å². The molecule has 6 rings (SSSR count). The predicted octanol–water partition coefficient (Wildman–Crippen LogP) is 7.94. The number of ketones is 1. The van der Waals surface area contributed by atoms with Gasteiger partial charge in [0.25, 0.3) is 5.78 Å². The molecule has 1 aliphatic heterocycles. The van der Waals surface area contributed by atoms with Crippen LogP contribution in [-0.2, 0) is 21.9 Å². The summed E-state index contributed by atoms with van der Waals surface area (Å²) in [5.41, 5.74) is 2.42. The Hall–Kier alpha value is -4.32. The summed E-state index contributed by atoms with van der Waals surface area (Å²) >= 11 is 5.77. The van der Waals surface area contributed by atoms with Crippen LogP contribution in [0.4, 0.5) is 9.52 Å². The number of aromatic nitrogens is 2. The second-order valence-corrected chi connectivity index (χ2v) is 12.8. The fraction of sp³-hybridized carbons (Fsp3) is 0.0909. The summed E-state index contributed by atoms with van der Waals surface area (Å²) in [4.78, 5) is 28.3. The molecule has 1 atom stereocenters. The van der Waals surface area contributed by atoms with Gasteiger partial charge in [0, 0.05) is 15.8 Å². The number of benzene rings is 4. The Morgan fingerprint density at radius 1 is 0.932 bits per heavy atom. The molecule has 220 valence electrons. The van der Waals surface area contributed by atoms with Crippen LogP contribution >= 0.6 is 39.0 Å². The molecule has 1 N–H and O–H groups in total. The van der Waals surface area contributed by atoms with Crippen LogP contribution < -0.4 is 9.64 Å². The molecule has 5 aromatic rings. The minimum absolute atomic E-state index is 0.0639. The van der Waals surface area contributed by atoms with Crippen molar-refractivity contribution >= 4 is 61.6 Å². The van der Waals surface area contributed by atoms with E-state index in [0.717, 1.165) is 21.4 Å². The number of hydrogen-bond donors (Lipinski definition) is 1. The van der Waals surface area contributed by atoms with Crippen molar-refractivity contribution in [3.8, 4) is 5.75 Å². The molecule has 44 heavy (non-hydrogen) atoms. The Kier molecular flexibility index (Phi) is 8.87. The van der Waals surface area contributed by atoms with Crippen LogP contribution in [0.2, 0.25) is 0 Å². The van der Waals surface area contributed by atoms with Crippen LogP contribution in [0.25, 0.3) is 5.76 Å². The molecule has 0 saturated carbocycles. The fourth-order valence-electron chi connectivity index (χ4n) is 4.71. The van der Waals surface area contributed by atoms with Gasteiger partial charge in [0.15, 0.2) is 4.34 Å². The highest BCUT2D eigenvalue weighted by atomic mass is 79.9. The number of aliphatic hydroxyl groups is 1. The summed E-state index contributed by atoms with van der Waals surface area (Å²) in [6.45, 7) is 0.375. The van der Waals surface area contributed by atoms with E-state index in [2.05, 4.69) is 26.1 Å². The minimum atomic E-state index is -0.973. The summed E-state index contributed by atoms with van der Waals surface area (Å²) < 4.78 is 21.4. The molecule has 0 radical (unpaired) electrons. The number of halogens is 2. The SMILES string of the molecule is O=C1C(=O)N(c2nnc(SCc3ccccc3F)s2)C(c2ccc(OCc3ccccc3)cc2)/C1=C(/O)c1ccc(Br)cc1. The van der Waals surface area contributed by atoms with Crippen molar-refractivity contribution in [1.82, 2.24) is 10.2 Å². The third-order valence-corrected chi connectivity index (χ3v) is 9.55. The quantitative estimate of drug-likeness (QED) is 0.0553. The van der Waals surface area contributed by atoms with Crippen molar-refractivity contribution in [2.75, 3.05) is 4.90 Å². The van der Waals surface area contributed by atoms with E-state index in [1.807, 2.05) is 30.3 Å². The highest BCUT2D eigenvalue weighted by Gasteiger charge is 2.48. The fourth-order valence-corrected chi connectivity index (χ4v) is 6.83. The zero-order chi connectivity index (χ0) is 30.6. The summed E-state index contributed by atoms with van der Waals surface area (Å²) in [5.74, 6) is -1.37. The lowest BCUT2D eigenvalue weighted by molar-refractivity contribution is -0.132. The molecule has 1 unspecified atom stereocenters. The van der Waals surface area contributed by atoms with Crippen molar-refractivity contribution in [2.24, 2.45) is 0 Å². The van der Waals surface area contributed by atoms with Gasteiger partial charge in [-0.1, -0.05) is 112 Å². The Morgan fingerprint density at radius 2 is 1.64 bits per heavy atom. The van der Waals surface area contributed by atoms with E-state index in [9.17, 15) is 19.1 Å². The Bertz CT molecular complexity index is 1850. The maximum absolute atomic E-state index is 14.1. The maximum atomic E-state index is 14.1. The summed E-state index contributed by atoms with van der Waals surface area (Å²) in [7, 11) is 0. The largest absolute Gasteiger partial charge is 0.507 e. The molecular weight excluding hydrogens is 665 g/mol. The van der Waals surface area contributed by atoms with Gasteiger partial charge >= 0.3 is 5.91 Å². The standard InChI is InChI=1S/C33H23BrFN3O4S2/c34-24-14-10-22(11-15-24)29(39)27-28(21-12-16-25(17-13-21)42-18-20-6-2-1-3-7-20)38(31(41)30(27)40)32-36-37-33(44-32)43-19-23-8-4-5-9-26(23)35/h1-17,28,39H,18-19H2/b29-27-. The molecule has 1 aromatic heterocycles. The first-order valence-corrected chi connectivity index (χ1v) is 16.0. The first-order valence-electron chi connectivity index (χ1n) is 13.4. The molecule has 1 aliphatic rings. The molecule has 0 spiro atoms. The van der Waals surface area contributed by atoms with Gasteiger partial charge in [0.05, 0.1) is 11.6 Å². The molecule has 1 saturated heterocycles. The topological polar surface area (TPSA) is 92.6 Å². The average molecular weight is 689 g/mol. The van der Waals surface area contributed by atoms with Gasteiger partial charge in [0.2, 0.25) is 5.13 Å². The molecular formula is C33H23BrFN3O4S2. The first kappa shape index (κ1) is 29.7. The lowest BCUT2D eigenvalue weighted by Gasteiger charge is -2.22. The molecule has 4 aromatic carbocycles. The van der Waals surface area contributed by atoms with Gasteiger partial charge in [-0.2, -0.15) is 0 Å². The molecule has 11 heteroatoms. The van der Waals surface area contributed by atoms with E-state index in [-0.39, 0.29) is 22.3 Å². The van der Waals surface area contributed by atoms with Gasteiger partial charge in [-0.25, -0.2) is 4.39 Å². The van der Waals surface area contributed by atoms with E-state index >= 15 is 0 Å². The van der Waals surface area contributed by atoms with Gasteiger partial charge < -0.3 is 9.84 Å². The number of carbonyl (C=O) groups excluding carboxylic acids is 2. The van der Waals surface area contributed by atoms with E-state index in [0.29, 0.717) is 39.1 Å². The Morgan fingerprint density at radius 3 is 2.36 bits per heavy atom. The molecule has 1 amide bonds. The maximum Gasteiger partial charge on any atom is 0.301 e. The number of Topliss-reactive ketones (excluding diaryl/α,β-unsaturated/α-hetero) is 1. The van der Waals surface area contributed by atoms with E-state index in [4.69, 9.17) is 4.74 Å². The normalized spacial score (nSPS) is 16.0. The average Bonchev–Trinajstić information content (AvgIpc) is 3.62. The number of rotatable bonds is 9. The van der Waals surface area contributed by atoms with Gasteiger partial charge in [-0.3, -0.25) is 14.5 Å². The number of nitrogens with zero attached hydrogens (tertiary/aromatic N) is 3. The zero-order valence-electron chi connectivity index (χ0n) is 22.9. The van der Waals surface area contributed by atoms with Crippen molar-refractivity contribution in [1.29, 1.82) is 0 Å². The van der Waals surface area contributed by atoms with Gasteiger partial charge in [-0.05, 0) is 47.0 Å². The number of hydrogen-bond acceptors (Lipinski definition) is 8. The third-order valence-electron chi connectivity index (χ3n) is 6.92. The smallest absolute Gasteiger partial charge is 0.301 e. The summed E-state index contributed by atoms with van der Waals surface area (Å²) in [6, 6.07) is 29.1. The lowest BCUT2D eigenvalue weighted by Crippen LogP contribution is -2.29. The first-order chi connectivity index (χ1) is 21.4. The lowest BCUT2D eigenvalue weighted by atomic mass is 9.95. The minimum Gasteiger partial charge on any atom is -0.507 e. The predicted molar refractivity (Wildman–Crippen MR) is 172 cm³/mol. The number of thioether (sulfide) groups is 1. The second-order valence-electron chi connectivity index (χ2n) is 9.75. The molecule has 2 heterocycles. The van der Waals surface area contributed by atoms with Gasteiger partial charge in [0.1, 0.15) is 23.9 Å². The number of aliphatic hydroxyl groups excluding tert-OH is 1. The van der Waals surface area contributed by atoms with Gasteiger partial charge in [-0.15, -0.1) is 10.2 Å². The van der Waals surface area contributed by atoms with Crippen LogP contribution in [-0.4, -0.2) is 27.0 Å². The van der Waals surface area contributed by atoms with E-state index < -0.39 is 17.7 Å². The highest BCUT2D eigenvalue weighted by molar-refractivity contribution is 9.10. The number of anilines is 1. The highest BCUT2D eigenvalue weighted by Crippen LogP contribution is 2.44. The van der Waals surface area contributed by atoms with Crippen LogP contribution in [0, 0.1) is 5.82 Å². The van der Waals surface area contributed by atoms with Crippen LogP contribution in [0.15, 0.2) is 118 Å². The number of carbonyl (C=O) groups is 2. The van der Waals surface area contributed by atoms with Crippen LogP contribution in [0.5, 0.6) is 5.75 Å². The van der Waals surface area contributed by atoms with Crippen molar-refractivity contribution < 1.29 is 23.8 Å². The summed E-state index contributed by atoms with van der Waals surface area (Å²) in [6.07, 6.45) is 0. The van der Waals surface area contributed by atoms with E-state index in [1.54, 1.807) is 66.7 Å². The Labute approximate surface area is 269 Å². The summed E-state index contributed by atoms with van der Waals surface area (Å²) in [5, 5.41) is 20.0. The third kappa shape index (κ3) is 6.30. The van der Waals surface area contributed by atoms with E-state index in [1.165, 1.54) is 22.7 Å². The zero-order valence-corrected chi connectivity index (χ0v) is 26.1. The number of amides is 1. The molecule has 1 fully saturated rings. The van der Waals surface area contributed by atoms with Crippen molar-refractivity contribution in [3.05, 3.63) is 141 Å². The van der Waals surface area contributed by atoms with Crippen molar-refractivity contribution in [2.45, 2.75) is 22.7 Å². The Balaban J connectivity index is 1.34. The molecule has 0 aliphatic carbocycles. The van der Waals surface area contributed by atoms with Crippen molar-refractivity contribution in [3.63, 3.8) is 0 Å². The molecule has 7 nitrogen and oxygen atoms in total.